The van der Waals surface area contributed by atoms with Gasteiger partial charge in [0.2, 0.25) is 0 Å². The number of hydrogen-bond donors (Lipinski definition) is 1. The van der Waals surface area contributed by atoms with Crippen molar-refractivity contribution in [3.05, 3.63) is 12.7 Å². The summed E-state index contributed by atoms with van der Waals surface area (Å²) < 4.78 is 61.3. The molecule has 0 heterocycles. The number of alkyl halides is 3. The molecule has 0 aliphatic carbocycles. The van der Waals surface area contributed by atoms with Crippen LogP contribution in [-0.2, 0) is 19.6 Å². The van der Waals surface area contributed by atoms with E-state index < -0.39 is 21.6 Å². The zero-order chi connectivity index (χ0) is 12.7. The van der Waals surface area contributed by atoms with Gasteiger partial charge in [-0.2, -0.15) is 21.6 Å². The summed E-state index contributed by atoms with van der Waals surface area (Å²) in [6.45, 7) is 3.05. The first kappa shape index (κ1) is 15.9. The van der Waals surface area contributed by atoms with Gasteiger partial charge in [-0.3, -0.25) is 4.55 Å². The number of rotatable bonds is 1. The van der Waals surface area contributed by atoms with Crippen LogP contribution in [-0.4, -0.2) is 24.4 Å². The summed E-state index contributed by atoms with van der Waals surface area (Å²) in [5.41, 5.74) is -5.53. The van der Waals surface area contributed by atoms with E-state index in [-0.39, 0.29) is 0 Å². The van der Waals surface area contributed by atoms with Crippen molar-refractivity contribution in [2.45, 2.75) is 5.51 Å². The number of carbonyl (C=O) groups excluding carboxylic acids is 1. The largest absolute Gasteiger partial charge is 0.522 e. The van der Waals surface area contributed by atoms with Crippen LogP contribution < -0.4 is 0 Å². The van der Waals surface area contributed by atoms with E-state index in [9.17, 15) is 18.0 Å². The Kier molecular flexibility index (Phi) is 6.33. The van der Waals surface area contributed by atoms with Gasteiger partial charge in [0, 0.05) is 6.08 Å². The van der Waals surface area contributed by atoms with E-state index in [4.69, 9.17) is 18.2 Å². The molecule has 1 N–H and O–H groups in total. The number of ether oxygens (including phenoxy) is 1. The Morgan fingerprint density at radius 3 is 1.93 bits per heavy atom. The molecule has 0 aromatic rings. The molecule has 0 fully saturated rings. The molecule has 0 aliphatic rings. The van der Waals surface area contributed by atoms with Gasteiger partial charge in [0.25, 0.3) is 6.26 Å². The molecule has 0 bridgehead atoms. The second-order valence-electron chi connectivity index (χ2n) is 1.64. The van der Waals surface area contributed by atoms with E-state index in [1.165, 1.54) is 6.26 Å². The molecule has 86 valence electrons. The predicted octanol–water partition coefficient (Wildman–Crippen LogP) is 0.591. The number of hydrogen-bond acceptors (Lipinski definition) is 5. The first-order valence-corrected chi connectivity index (χ1v) is 4.26. The van der Waals surface area contributed by atoms with Crippen LogP contribution in [0.5, 0.6) is 0 Å². The molecule has 6 nitrogen and oxygen atoms in total. The second-order valence-corrected chi connectivity index (χ2v) is 3.05. The second kappa shape index (κ2) is 5.99. The third kappa shape index (κ3) is 8.72. The van der Waals surface area contributed by atoms with Gasteiger partial charge in [0.1, 0.15) is 0 Å². The minimum atomic E-state index is -5.84. The highest BCUT2D eigenvalue weighted by Gasteiger charge is 2.44. The fourth-order valence-corrected chi connectivity index (χ4v) is 0.0867. The average molecular weight is 247 g/mol. The van der Waals surface area contributed by atoms with Crippen LogP contribution in [0.15, 0.2) is 12.7 Å². The van der Waals surface area contributed by atoms with Gasteiger partial charge in [-0.05, 0) is 0 Å². The summed E-state index contributed by atoms with van der Waals surface area (Å²) in [4.78, 5) is 9.85. The molecule has 0 aromatic heterocycles. The molecule has 0 aromatic carbocycles. The molecule has 0 unspecified atom stereocenters. The lowest BCUT2D eigenvalue weighted by molar-refractivity contribution is -0.131. The van der Waals surface area contributed by atoms with E-state index in [1.54, 1.807) is 0 Å². The smallest absolute Gasteiger partial charge is 0.347 e. The van der Waals surface area contributed by atoms with Gasteiger partial charge < -0.3 is 4.74 Å². The molecule has 0 atom stereocenters. The first-order valence-electron chi connectivity index (χ1n) is 2.82. The molecule has 0 spiro atoms. The molecule has 10 heteroatoms. The summed E-state index contributed by atoms with van der Waals surface area (Å²) in [5.74, 6) is -0.720. The minimum Gasteiger partial charge on any atom is -0.347 e. The Morgan fingerprint density at radius 1 is 1.53 bits per heavy atom. The Labute approximate surface area is 82.3 Å². The third-order valence-corrected chi connectivity index (χ3v) is 1.19. The van der Waals surface area contributed by atoms with E-state index in [2.05, 4.69) is 11.3 Å². The van der Waals surface area contributed by atoms with Crippen molar-refractivity contribution in [2.24, 2.45) is 0 Å². The van der Waals surface area contributed by atoms with Crippen LogP contribution in [0.3, 0.4) is 0 Å². The van der Waals surface area contributed by atoms with Gasteiger partial charge in [0.05, 0.1) is 0 Å². The van der Waals surface area contributed by atoms with Gasteiger partial charge >= 0.3 is 21.6 Å². The maximum absolute atomic E-state index is 10.7. The van der Waals surface area contributed by atoms with Crippen molar-refractivity contribution < 1.29 is 35.7 Å². The SMILES string of the molecule is C=CC(=O)OC#N.O=S(=O)(O)C(F)(F)F. The van der Waals surface area contributed by atoms with Crippen LogP contribution in [0.4, 0.5) is 13.2 Å². The van der Waals surface area contributed by atoms with Gasteiger partial charge in [-0.15, -0.1) is 5.26 Å². The predicted molar refractivity (Wildman–Crippen MR) is 39.5 cm³/mol. The summed E-state index contributed by atoms with van der Waals surface area (Å²) in [7, 11) is -5.84. The summed E-state index contributed by atoms with van der Waals surface area (Å²) >= 11 is 0. The standard InChI is InChI=1S/C4H3NO2.CHF3O3S/c1-2-4(6)7-3-5;2-1(3,4)8(5,6)7/h2H,1H2;(H,5,6,7). The average Bonchev–Trinajstić information content (AvgIpc) is 2.02. The number of halogens is 3. The molecule has 0 amide bonds. The van der Waals surface area contributed by atoms with E-state index in [0.29, 0.717) is 0 Å². The molecule has 0 rings (SSSR count). The van der Waals surface area contributed by atoms with Crippen LogP contribution in [0, 0.1) is 11.5 Å². The molecule has 0 radical (unpaired) electrons. The lowest BCUT2D eigenvalue weighted by Crippen LogP contribution is -2.21. The number of carbonyl (C=O) groups is 1. The quantitative estimate of drug-likeness (QED) is 0.239. The molecular formula is C5H4F3NO5S. The Morgan fingerprint density at radius 2 is 1.87 bits per heavy atom. The molecule has 0 saturated carbocycles. The summed E-state index contributed by atoms with van der Waals surface area (Å²) in [6.07, 6.45) is 2.12. The molecule has 15 heavy (non-hydrogen) atoms. The summed E-state index contributed by atoms with van der Waals surface area (Å²) in [6, 6.07) is 0. The maximum atomic E-state index is 10.7. The van der Waals surface area contributed by atoms with Crippen molar-refractivity contribution in [3.63, 3.8) is 0 Å². The lowest BCUT2D eigenvalue weighted by atomic mass is 10.7. The number of nitriles is 1. The van der Waals surface area contributed by atoms with Crippen LogP contribution in [0.2, 0.25) is 0 Å². The fourth-order valence-electron chi connectivity index (χ4n) is 0.0867. The maximum Gasteiger partial charge on any atom is 0.522 e. The fraction of sp³-hybridized carbons (Fsp3) is 0.200. The van der Waals surface area contributed by atoms with Gasteiger partial charge in [-0.1, -0.05) is 6.58 Å². The Hall–Kier alpha value is -1.60. The first-order chi connectivity index (χ1) is 6.56. The molecule has 0 aliphatic heterocycles. The number of nitrogens with zero attached hydrogens (tertiary/aromatic N) is 1. The molecular weight excluding hydrogens is 243 g/mol. The monoisotopic (exact) mass is 247 g/mol. The highest BCUT2D eigenvalue weighted by atomic mass is 32.2. The van der Waals surface area contributed by atoms with Crippen molar-refractivity contribution in [2.75, 3.05) is 0 Å². The minimum absolute atomic E-state index is 0.720. The van der Waals surface area contributed by atoms with Crippen molar-refractivity contribution in [1.82, 2.24) is 0 Å². The van der Waals surface area contributed by atoms with Crippen LogP contribution in [0.25, 0.3) is 0 Å². The van der Waals surface area contributed by atoms with E-state index in [0.717, 1.165) is 6.08 Å². The zero-order valence-electron chi connectivity index (χ0n) is 6.85. The van der Waals surface area contributed by atoms with Gasteiger partial charge in [0.15, 0.2) is 0 Å². The van der Waals surface area contributed by atoms with E-state index >= 15 is 0 Å². The van der Waals surface area contributed by atoms with Gasteiger partial charge in [-0.25, -0.2) is 4.79 Å². The third-order valence-electron chi connectivity index (χ3n) is 0.605. The lowest BCUT2D eigenvalue weighted by Gasteiger charge is -1.97. The Bertz CT molecular complexity index is 365. The number of esters is 1. The normalized spacial score (nSPS) is 10.3. The highest BCUT2D eigenvalue weighted by Crippen LogP contribution is 2.20. The Balaban J connectivity index is 0. The van der Waals surface area contributed by atoms with E-state index in [1.807, 2.05) is 0 Å². The molecule has 0 saturated heterocycles. The van der Waals surface area contributed by atoms with Crippen molar-refractivity contribution in [3.8, 4) is 6.26 Å². The van der Waals surface area contributed by atoms with Crippen molar-refractivity contribution in [1.29, 1.82) is 5.26 Å². The summed E-state index contributed by atoms with van der Waals surface area (Å²) in [5, 5.41) is 7.63. The topological polar surface area (TPSA) is 104 Å². The van der Waals surface area contributed by atoms with Crippen LogP contribution in [0.1, 0.15) is 0 Å². The highest BCUT2D eigenvalue weighted by molar-refractivity contribution is 7.86. The van der Waals surface area contributed by atoms with Crippen LogP contribution >= 0.6 is 0 Å². The zero-order valence-corrected chi connectivity index (χ0v) is 7.67. The van der Waals surface area contributed by atoms with Crippen molar-refractivity contribution >= 4 is 16.1 Å².